The average molecular weight is 243 g/mol. The number of nitrogens with zero attached hydrogens (tertiary/aromatic N) is 2. The molecule has 4 heteroatoms. The number of aryl methyl sites for hydroxylation is 2. The topological polar surface area (TPSA) is 29.9 Å². The molecule has 0 saturated heterocycles. The van der Waals surface area contributed by atoms with Gasteiger partial charge in [0.15, 0.2) is 0 Å². The third-order valence-electron chi connectivity index (χ3n) is 2.87. The summed E-state index contributed by atoms with van der Waals surface area (Å²) in [7, 11) is 2.03. The third-order valence-corrected chi connectivity index (χ3v) is 3.81. The molecule has 3 nitrogen and oxygen atoms in total. The van der Waals surface area contributed by atoms with Crippen molar-refractivity contribution in [3.05, 3.63) is 41.3 Å². The number of hydrogen-bond acceptors (Lipinski definition) is 3. The van der Waals surface area contributed by atoms with Crippen molar-refractivity contribution in [3.8, 4) is 0 Å². The largest absolute Gasteiger partial charge is 0.317 e. The molecule has 3 aromatic rings. The van der Waals surface area contributed by atoms with Crippen LogP contribution in [0.4, 0.5) is 10.9 Å². The van der Waals surface area contributed by atoms with Crippen molar-refractivity contribution in [2.45, 2.75) is 6.92 Å². The van der Waals surface area contributed by atoms with Crippen LogP contribution < -0.4 is 5.32 Å². The Bertz CT molecular complexity index is 666. The molecule has 1 aromatic carbocycles. The van der Waals surface area contributed by atoms with E-state index in [9.17, 15) is 0 Å². The number of imidazole rings is 1. The fourth-order valence-corrected chi connectivity index (χ4v) is 2.67. The van der Waals surface area contributed by atoms with E-state index in [1.165, 1.54) is 5.56 Å². The summed E-state index contributed by atoms with van der Waals surface area (Å²) < 4.78 is 2.08. The molecule has 0 fully saturated rings. The zero-order chi connectivity index (χ0) is 11.8. The molecule has 86 valence electrons. The van der Waals surface area contributed by atoms with E-state index in [0.717, 1.165) is 22.0 Å². The van der Waals surface area contributed by atoms with E-state index in [4.69, 9.17) is 0 Å². The van der Waals surface area contributed by atoms with Gasteiger partial charge in [-0.3, -0.25) is 0 Å². The summed E-state index contributed by atoms with van der Waals surface area (Å²) in [6, 6.07) is 10.3. The molecule has 1 N–H and O–H groups in total. The highest BCUT2D eigenvalue weighted by Gasteiger charge is 2.08. The predicted molar refractivity (Wildman–Crippen MR) is 73.1 cm³/mol. The Balaban J connectivity index is 2.06. The van der Waals surface area contributed by atoms with Crippen LogP contribution in [0.25, 0.3) is 11.0 Å². The summed E-state index contributed by atoms with van der Waals surface area (Å²) in [5, 5.41) is 6.62. The quantitative estimate of drug-likeness (QED) is 0.744. The molecule has 0 atom stereocenters. The molecule has 0 unspecified atom stereocenters. The van der Waals surface area contributed by atoms with Crippen molar-refractivity contribution < 1.29 is 0 Å². The van der Waals surface area contributed by atoms with Crippen molar-refractivity contribution in [2.24, 2.45) is 7.05 Å². The Hall–Kier alpha value is -1.81. The fourth-order valence-electron chi connectivity index (χ4n) is 1.86. The Morgan fingerprint density at radius 3 is 2.76 bits per heavy atom. The number of hydrogen-bond donors (Lipinski definition) is 1. The first-order valence-corrected chi connectivity index (χ1v) is 6.36. The van der Waals surface area contributed by atoms with E-state index in [1.807, 2.05) is 25.2 Å². The van der Waals surface area contributed by atoms with Crippen LogP contribution in [0.1, 0.15) is 5.56 Å². The van der Waals surface area contributed by atoms with Crippen LogP contribution in [0.15, 0.2) is 35.7 Å². The van der Waals surface area contributed by atoms with Gasteiger partial charge in [0.1, 0.15) is 0 Å². The number of rotatable bonds is 2. The van der Waals surface area contributed by atoms with Crippen LogP contribution in [-0.4, -0.2) is 9.55 Å². The van der Waals surface area contributed by atoms with E-state index in [2.05, 4.69) is 39.3 Å². The second-order valence-electron chi connectivity index (χ2n) is 4.04. The molecule has 0 bridgehead atoms. The first kappa shape index (κ1) is 10.4. The standard InChI is InChI=1S/C13H13N3S/c1-9-7-8-17-12(9)15-13-14-10-5-3-4-6-11(10)16(13)2/h3-8H,1-2H3,(H,14,15). The van der Waals surface area contributed by atoms with Gasteiger partial charge in [-0.05, 0) is 36.1 Å². The first-order chi connectivity index (χ1) is 8.25. The molecule has 2 aromatic heterocycles. The average Bonchev–Trinajstić information content (AvgIpc) is 2.87. The molecule has 0 aliphatic heterocycles. The van der Waals surface area contributed by atoms with Crippen LogP contribution in [-0.2, 0) is 7.05 Å². The van der Waals surface area contributed by atoms with Gasteiger partial charge in [0.2, 0.25) is 5.95 Å². The minimum atomic E-state index is 0.886. The van der Waals surface area contributed by atoms with Gasteiger partial charge >= 0.3 is 0 Å². The molecule has 0 spiro atoms. The highest BCUT2D eigenvalue weighted by molar-refractivity contribution is 7.14. The second kappa shape index (κ2) is 3.89. The van der Waals surface area contributed by atoms with E-state index >= 15 is 0 Å². The number of fused-ring (bicyclic) bond motifs is 1. The number of aromatic nitrogens is 2. The maximum atomic E-state index is 4.59. The normalized spacial score (nSPS) is 10.9. The number of thiophene rings is 1. The molecule has 0 amide bonds. The van der Waals surface area contributed by atoms with Gasteiger partial charge in [0.05, 0.1) is 16.0 Å². The molecular weight excluding hydrogens is 230 g/mol. The monoisotopic (exact) mass is 243 g/mol. The number of benzene rings is 1. The number of nitrogens with one attached hydrogen (secondary N) is 1. The molecule has 0 aliphatic rings. The maximum absolute atomic E-state index is 4.59. The van der Waals surface area contributed by atoms with Gasteiger partial charge in [-0.2, -0.15) is 0 Å². The van der Waals surface area contributed by atoms with Crippen LogP contribution >= 0.6 is 11.3 Å². The van der Waals surface area contributed by atoms with Crippen molar-refractivity contribution >= 4 is 33.3 Å². The van der Waals surface area contributed by atoms with Crippen molar-refractivity contribution in [1.82, 2.24) is 9.55 Å². The van der Waals surface area contributed by atoms with Crippen LogP contribution in [0.3, 0.4) is 0 Å². The second-order valence-corrected chi connectivity index (χ2v) is 4.96. The molecule has 0 saturated carbocycles. The summed E-state index contributed by atoms with van der Waals surface area (Å²) in [5.74, 6) is 0.886. The highest BCUT2D eigenvalue weighted by Crippen LogP contribution is 2.27. The minimum absolute atomic E-state index is 0.886. The minimum Gasteiger partial charge on any atom is -0.317 e. The Morgan fingerprint density at radius 1 is 1.24 bits per heavy atom. The van der Waals surface area contributed by atoms with Gasteiger partial charge in [-0.1, -0.05) is 12.1 Å². The van der Waals surface area contributed by atoms with Gasteiger partial charge < -0.3 is 9.88 Å². The van der Waals surface area contributed by atoms with Crippen LogP contribution in [0, 0.1) is 6.92 Å². The molecule has 2 heterocycles. The summed E-state index contributed by atoms with van der Waals surface area (Å²) in [4.78, 5) is 4.59. The van der Waals surface area contributed by atoms with Gasteiger partial charge in [-0.15, -0.1) is 11.3 Å². The Labute approximate surface area is 104 Å². The molecule has 0 aliphatic carbocycles. The van der Waals surface area contributed by atoms with Crippen molar-refractivity contribution in [1.29, 1.82) is 0 Å². The van der Waals surface area contributed by atoms with Gasteiger partial charge in [0.25, 0.3) is 0 Å². The molecule has 0 radical (unpaired) electrons. The van der Waals surface area contributed by atoms with E-state index in [1.54, 1.807) is 11.3 Å². The van der Waals surface area contributed by atoms with Crippen molar-refractivity contribution in [3.63, 3.8) is 0 Å². The van der Waals surface area contributed by atoms with E-state index < -0.39 is 0 Å². The molecule has 3 rings (SSSR count). The van der Waals surface area contributed by atoms with Gasteiger partial charge in [-0.25, -0.2) is 4.98 Å². The molecule has 17 heavy (non-hydrogen) atoms. The number of anilines is 2. The SMILES string of the molecule is Cc1ccsc1Nc1nc2ccccc2n1C. The Kier molecular flexibility index (Phi) is 2.37. The zero-order valence-electron chi connectivity index (χ0n) is 9.77. The maximum Gasteiger partial charge on any atom is 0.208 e. The lowest BCUT2D eigenvalue weighted by Gasteiger charge is -2.04. The summed E-state index contributed by atoms with van der Waals surface area (Å²) in [5.41, 5.74) is 3.41. The fraction of sp³-hybridized carbons (Fsp3) is 0.154. The lowest BCUT2D eigenvalue weighted by atomic mass is 10.3. The third kappa shape index (κ3) is 1.70. The van der Waals surface area contributed by atoms with Crippen LogP contribution in [0.5, 0.6) is 0 Å². The molecular formula is C13H13N3S. The number of para-hydroxylation sites is 2. The van der Waals surface area contributed by atoms with Gasteiger partial charge in [0, 0.05) is 7.05 Å². The first-order valence-electron chi connectivity index (χ1n) is 5.48. The lowest BCUT2D eigenvalue weighted by molar-refractivity contribution is 0.959. The van der Waals surface area contributed by atoms with E-state index in [0.29, 0.717) is 0 Å². The van der Waals surface area contributed by atoms with Crippen molar-refractivity contribution in [2.75, 3.05) is 5.32 Å². The zero-order valence-corrected chi connectivity index (χ0v) is 10.6. The smallest absolute Gasteiger partial charge is 0.208 e. The highest BCUT2D eigenvalue weighted by atomic mass is 32.1. The summed E-state index contributed by atoms with van der Waals surface area (Å²) in [6.07, 6.45) is 0. The summed E-state index contributed by atoms with van der Waals surface area (Å²) >= 11 is 1.70. The predicted octanol–water partition coefficient (Wildman–Crippen LogP) is 3.69. The van der Waals surface area contributed by atoms with E-state index in [-0.39, 0.29) is 0 Å². The van der Waals surface area contributed by atoms with Crippen LogP contribution in [0.2, 0.25) is 0 Å². The summed E-state index contributed by atoms with van der Waals surface area (Å²) in [6.45, 7) is 2.10. The Morgan fingerprint density at radius 2 is 2.06 bits per heavy atom. The lowest BCUT2D eigenvalue weighted by Crippen LogP contribution is -1.98.